The van der Waals surface area contributed by atoms with Gasteiger partial charge in [0.25, 0.3) is 0 Å². The highest BCUT2D eigenvalue weighted by molar-refractivity contribution is 7.72. The molecule has 124 valence electrons. The molecule has 1 amide bonds. The topological polar surface area (TPSA) is 127 Å². The molecule has 0 unspecified atom stereocenters. The van der Waals surface area contributed by atoms with Crippen molar-refractivity contribution < 1.29 is 18.4 Å². The number of carbonyl (C=O) groups is 1. The zero-order chi connectivity index (χ0) is 16.9. The molecular formula is C13H17N5O4S. The van der Waals surface area contributed by atoms with Crippen LogP contribution in [0, 0.1) is 5.41 Å². The van der Waals surface area contributed by atoms with Crippen molar-refractivity contribution in [1.82, 2.24) is 25.2 Å². The third-order valence-electron chi connectivity index (χ3n) is 3.51. The van der Waals surface area contributed by atoms with Gasteiger partial charge in [0.1, 0.15) is 10.7 Å². The molecule has 0 aliphatic heterocycles. The number of hydrogen-bond acceptors (Lipinski definition) is 7. The monoisotopic (exact) mass is 339 g/mol. The van der Waals surface area contributed by atoms with Gasteiger partial charge in [-0.1, -0.05) is 0 Å². The first-order valence-electron chi connectivity index (χ1n) is 6.80. The number of nitrogens with one attached hydrogen (secondary N) is 1. The van der Waals surface area contributed by atoms with Crippen molar-refractivity contribution in [2.24, 2.45) is 5.41 Å². The summed E-state index contributed by atoms with van der Waals surface area (Å²) in [5.74, 6) is -1.09. The number of thiol groups is 1. The quantitative estimate of drug-likeness (QED) is 0.364. The van der Waals surface area contributed by atoms with Crippen LogP contribution in [-0.2, 0) is 22.0 Å². The maximum absolute atomic E-state index is 11.7. The van der Waals surface area contributed by atoms with Gasteiger partial charge in [0, 0.05) is 30.7 Å². The fourth-order valence-corrected chi connectivity index (χ4v) is 2.98. The first-order chi connectivity index (χ1) is 10.9. The second-order valence-corrected chi connectivity index (χ2v) is 6.31. The summed E-state index contributed by atoms with van der Waals surface area (Å²) in [6.45, 7) is 1.80. The molecule has 23 heavy (non-hydrogen) atoms. The molecular weight excluding hydrogens is 322 g/mol. The van der Waals surface area contributed by atoms with Crippen molar-refractivity contribution in [3.8, 4) is 11.3 Å². The Morgan fingerprint density at radius 2 is 2.17 bits per heavy atom. The van der Waals surface area contributed by atoms with Crippen LogP contribution in [0.4, 0.5) is 0 Å². The van der Waals surface area contributed by atoms with E-state index in [0.717, 1.165) is 5.56 Å². The lowest BCUT2D eigenvalue weighted by molar-refractivity contribution is -0.138. The highest BCUT2D eigenvalue weighted by Gasteiger charge is 2.34. The van der Waals surface area contributed by atoms with Gasteiger partial charge in [-0.25, -0.2) is 13.9 Å². The average molecular weight is 339 g/mol. The van der Waals surface area contributed by atoms with Gasteiger partial charge in [0.05, 0.1) is 29.3 Å². The van der Waals surface area contributed by atoms with Crippen LogP contribution in [0.2, 0.25) is 0 Å². The number of carbonyl (C=O) groups excluding carboxylic acids is 1. The summed E-state index contributed by atoms with van der Waals surface area (Å²) in [7, 11) is -2.76. The van der Waals surface area contributed by atoms with E-state index in [9.17, 15) is 13.2 Å². The molecule has 0 saturated carbocycles. The summed E-state index contributed by atoms with van der Waals surface area (Å²) in [4.78, 5) is 19.9. The van der Waals surface area contributed by atoms with E-state index in [1.54, 1.807) is 35.7 Å². The summed E-state index contributed by atoms with van der Waals surface area (Å²) in [6, 6.07) is 0. The maximum atomic E-state index is 11.7. The van der Waals surface area contributed by atoms with Crippen molar-refractivity contribution in [1.29, 1.82) is 0 Å². The normalized spacial score (nSPS) is 13.7. The van der Waals surface area contributed by atoms with Gasteiger partial charge in [-0.05, 0) is 13.3 Å². The molecule has 0 aliphatic rings. The van der Waals surface area contributed by atoms with Crippen LogP contribution < -0.4 is 5.48 Å². The van der Waals surface area contributed by atoms with Crippen molar-refractivity contribution in [2.45, 2.75) is 19.9 Å². The number of amides is 1. The van der Waals surface area contributed by atoms with Crippen molar-refractivity contribution in [3.05, 3.63) is 31.0 Å². The molecule has 2 N–H and O–H groups in total. The minimum absolute atomic E-state index is 0.199. The van der Waals surface area contributed by atoms with Gasteiger partial charge in [0.2, 0.25) is 5.91 Å². The standard InChI is InChI=1S/C13H17N5O4S/c1-13(9-23(21)22,12(19)17-20)2-5-18-8-10(6-16-18)11-7-14-3-4-15-11/h3-4,6-8,20,23H,2,5,9H2,1H3,(H,17,19)/t13-/m0/s1. The van der Waals surface area contributed by atoms with Crippen molar-refractivity contribution >= 4 is 16.6 Å². The lowest BCUT2D eigenvalue weighted by atomic mass is 9.88. The van der Waals surface area contributed by atoms with E-state index in [4.69, 9.17) is 5.21 Å². The molecule has 10 heteroatoms. The molecule has 0 aliphatic carbocycles. The molecule has 1 atom stereocenters. The van der Waals surface area contributed by atoms with Gasteiger partial charge >= 0.3 is 0 Å². The van der Waals surface area contributed by atoms with Gasteiger partial charge in [0.15, 0.2) is 0 Å². The predicted octanol–water partition coefficient (Wildman–Crippen LogP) is -0.147. The maximum Gasteiger partial charge on any atom is 0.250 e. The number of aryl methyl sites for hydroxylation is 1. The fourth-order valence-electron chi connectivity index (χ4n) is 2.11. The van der Waals surface area contributed by atoms with E-state index in [1.165, 1.54) is 12.4 Å². The number of hydroxylamine groups is 1. The van der Waals surface area contributed by atoms with E-state index in [-0.39, 0.29) is 12.2 Å². The molecule has 0 saturated heterocycles. The Balaban J connectivity index is 2.10. The Kier molecular flexibility index (Phi) is 5.40. The summed E-state index contributed by atoms with van der Waals surface area (Å²) in [5, 5.41) is 13.0. The van der Waals surface area contributed by atoms with E-state index >= 15 is 0 Å². The lowest BCUT2D eigenvalue weighted by Gasteiger charge is -2.24. The molecule has 0 aromatic carbocycles. The molecule has 0 fully saturated rings. The third kappa shape index (κ3) is 4.33. The molecule has 2 aromatic heterocycles. The lowest BCUT2D eigenvalue weighted by Crippen LogP contribution is -2.41. The Morgan fingerprint density at radius 1 is 1.39 bits per heavy atom. The number of nitrogens with zero attached hydrogens (tertiary/aromatic N) is 4. The van der Waals surface area contributed by atoms with Gasteiger partial charge < -0.3 is 0 Å². The van der Waals surface area contributed by atoms with Crippen LogP contribution in [0.15, 0.2) is 31.0 Å². The number of aromatic nitrogens is 4. The molecule has 0 spiro atoms. The highest BCUT2D eigenvalue weighted by Crippen LogP contribution is 2.23. The molecule has 2 rings (SSSR count). The zero-order valence-electron chi connectivity index (χ0n) is 12.4. The Hall–Kier alpha value is -2.33. The van der Waals surface area contributed by atoms with Crippen LogP contribution in [0.3, 0.4) is 0 Å². The van der Waals surface area contributed by atoms with E-state index in [1.807, 2.05) is 0 Å². The van der Waals surface area contributed by atoms with E-state index < -0.39 is 22.0 Å². The number of rotatable bonds is 7. The van der Waals surface area contributed by atoms with E-state index in [0.29, 0.717) is 12.2 Å². The first-order valence-corrected chi connectivity index (χ1v) is 8.16. The Labute approximate surface area is 134 Å². The predicted molar refractivity (Wildman–Crippen MR) is 81.1 cm³/mol. The Morgan fingerprint density at radius 3 is 2.78 bits per heavy atom. The van der Waals surface area contributed by atoms with Crippen LogP contribution >= 0.6 is 0 Å². The average Bonchev–Trinajstić information content (AvgIpc) is 3.01. The SMILES string of the molecule is C[C@](CCn1cc(-c2cnccn2)cn1)(C[SH](=O)=O)C(=O)NO. The first kappa shape index (κ1) is 17.0. The van der Waals surface area contributed by atoms with Crippen LogP contribution in [0.1, 0.15) is 13.3 Å². The summed E-state index contributed by atoms with van der Waals surface area (Å²) < 4.78 is 23.5. The minimum atomic E-state index is -2.76. The van der Waals surface area contributed by atoms with E-state index in [2.05, 4.69) is 15.1 Å². The van der Waals surface area contributed by atoms with Crippen LogP contribution in [0.5, 0.6) is 0 Å². The number of hydrogen-bond donors (Lipinski definition) is 3. The fraction of sp³-hybridized carbons (Fsp3) is 0.385. The van der Waals surface area contributed by atoms with Gasteiger partial charge in [-0.15, -0.1) is 0 Å². The summed E-state index contributed by atoms with van der Waals surface area (Å²) in [6.07, 6.45) is 8.29. The van der Waals surface area contributed by atoms with Gasteiger partial charge in [-0.2, -0.15) is 5.10 Å². The minimum Gasteiger partial charge on any atom is -0.289 e. The summed E-state index contributed by atoms with van der Waals surface area (Å²) in [5.41, 5.74) is 1.72. The molecule has 0 radical (unpaired) electrons. The van der Waals surface area contributed by atoms with Crippen LogP contribution in [0.25, 0.3) is 11.3 Å². The van der Waals surface area contributed by atoms with Crippen LogP contribution in [-0.4, -0.2) is 45.0 Å². The second-order valence-electron chi connectivity index (χ2n) is 5.33. The Bertz CT molecular complexity index is 738. The molecule has 9 nitrogen and oxygen atoms in total. The molecule has 2 heterocycles. The molecule has 2 aromatic rings. The third-order valence-corrected chi connectivity index (χ3v) is 4.47. The second kappa shape index (κ2) is 7.29. The summed E-state index contributed by atoms with van der Waals surface area (Å²) >= 11 is 0. The molecule has 0 bridgehead atoms. The smallest absolute Gasteiger partial charge is 0.250 e. The van der Waals surface area contributed by atoms with Crippen molar-refractivity contribution in [2.75, 3.05) is 5.75 Å². The highest BCUT2D eigenvalue weighted by atomic mass is 32.2. The van der Waals surface area contributed by atoms with Gasteiger partial charge in [-0.3, -0.25) is 24.7 Å². The van der Waals surface area contributed by atoms with Crippen molar-refractivity contribution in [3.63, 3.8) is 0 Å². The zero-order valence-corrected chi connectivity index (χ0v) is 13.3. The largest absolute Gasteiger partial charge is 0.289 e.